The van der Waals surface area contributed by atoms with Gasteiger partial charge in [0.1, 0.15) is 0 Å². The molecule has 2 rings (SSSR count). The largest absolute Gasteiger partial charge is 0.394 e. The van der Waals surface area contributed by atoms with Crippen molar-refractivity contribution in [3.05, 3.63) is 0 Å². The third-order valence-corrected chi connectivity index (χ3v) is 5.58. The van der Waals surface area contributed by atoms with Crippen molar-refractivity contribution in [1.29, 1.82) is 0 Å². The highest BCUT2D eigenvalue weighted by Crippen LogP contribution is 2.36. The van der Waals surface area contributed by atoms with Crippen molar-refractivity contribution < 1.29 is 5.11 Å². The molecule has 2 saturated carbocycles. The Bertz CT molecular complexity index is 265. The third kappa shape index (κ3) is 2.73. The molecule has 0 bridgehead atoms. The van der Waals surface area contributed by atoms with Crippen LogP contribution < -0.4 is 5.32 Å². The van der Waals surface area contributed by atoms with Gasteiger partial charge in [0.05, 0.1) is 6.61 Å². The highest BCUT2D eigenvalue weighted by atomic mass is 16.3. The topological polar surface area (TPSA) is 35.5 Å². The molecule has 2 N–H and O–H groups in total. The number of aliphatic hydroxyl groups excluding tert-OH is 1. The van der Waals surface area contributed by atoms with Gasteiger partial charge >= 0.3 is 0 Å². The van der Waals surface area contributed by atoms with E-state index >= 15 is 0 Å². The number of aliphatic hydroxyl groups is 1. The fourth-order valence-corrected chi connectivity index (χ4v) is 4.07. The van der Waals surface area contributed by atoms with Crippen LogP contribution in [0.15, 0.2) is 0 Å². The van der Waals surface area contributed by atoms with Gasteiger partial charge in [-0.3, -0.25) is 0 Å². The molecule has 0 radical (unpaired) electrons. The van der Waals surface area contributed by atoms with E-state index in [4.69, 9.17) is 0 Å². The second kappa shape index (κ2) is 5.89. The number of nitrogens with one attached hydrogen (secondary N) is 1. The van der Waals surface area contributed by atoms with Gasteiger partial charge in [0.2, 0.25) is 0 Å². The molecule has 106 valence electrons. The lowest BCUT2D eigenvalue weighted by molar-refractivity contribution is 0.0887. The molecule has 2 aliphatic carbocycles. The molecule has 0 saturated heterocycles. The molecule has 3 nitrogen and oxygen atoms in total. The van der Waals surface area contributed by atoms with Crippen LogP contribution in [0.1, 0.15) is 51.9 Å². The fourth-order valence-electron chi connectivity index (χ4n) is 4.07. The quantitative estimate of drug-likeness (QED) is 0.805. The Morgan fingerprint density at radius 3 is 2.56 bits per heavy atom. The van der Waals surface area contributed by atoms with E-state index in [-0.39, 0.29) is 12.1 Å². The summed E-state index contributed by atoms with van der Waals surface area (Å²) < 4.78 is 0. The minimum atomic E-state index is -0.0170. The molecule has 18 heavy (non-hydrogen) atoms. The zero-order chi connectivity index (χ0) is 13.2. The van der Waals surface area contributed by atoms with Crippen LogP contribution in [0.25, 0.3) is 0 Å². The van der Waals surface area contributed by atoms with Crippen molar-refractivity contribution in [2.24, 2.45) is 5.92 Å². The zero-order valence-corrected chi connectivity index (χ0v) is 12.3. The summed E-state index contributed by atoms with van der Waals surface area (Å²) in [4.78, 5) is 2.62. The SMILES string of the molecule is CNC1(CO)CCC(N(C)C2CCCCC2C)C1. The van der Waals surface area contributed by atoms with Gasteiger partial charge in [-0.1, -0.05) is 19.8 Å². The van der Waals surface area contributed by atoms with Gasteiger partial charge in [-0.05, 0) is 52.1 Å². The average molecular weight is 254 g/mol. The van der Waals surface area contributed by atoms with Crippen molar-refractivity contribution in [2.45, 2.75) is 69.5 Å². The second-order valence-corrected chi connectivity index (χ2v) is 6.58. The van der Waals surface area contributed by atoms with Crippen molar-refractivity contribution in [1.82, 2.24) is 10.2 Å². The number of hydrogen-bond acceptors (Lipinski definition) is 3. The number of nitrogens with zero attached hydrogens (tertiary/aromatic N) is 1. The first-order chi connectivity index (χ1) is 8.62. The minimum absolute atomic E-state index is 0.0170. The molecule has 0 aromatic heterocycles. The zero-order valence-electron chi connectivity index (χ0n) is 12.3. The van der Waals surface area contributed by atoms with Gasteiger partial charge in [0.25, 0.3) is 0 Å². The maximum atomic E-state index is 9.60. The smallest absolute Gasteiger partial charge is 0.0613 e. The van der Waals surface area contributed by atoms with Gasteiger partial charge in [-0.2, -0.15) is 0 Å². The van der Waals surface area contributed by atoms with Crippen LogP contribution in [0.4, 0.5) is 0 Å². The average Bonchev–Trinajstić information content (AvgIpc) is 2.84. The molecule has 3 heteroatoms. The molecule has 0 spiro atoms. The summed E-state index contributed by atoms with van der Waals surface area (Å²) in [7, 11) is 4.29. The maximum absolute atomic E-state index is 9.60. The maximum Gasteiger partial charge on any atom is 0.0613 e. The molecule has 0 amide bonds. The Hall–Kier alpha value is -0.120. The van der Waals surface area contributed by atoms with E-state index in [0.29, 0.717) is 6.04 Å². The normalized spacial score (nSPS) is 41.5. The van der Waals surface area contributed by atoms with Gasteiger partial charge < -0.3 is 15.3 Å². The Balaban J connectivity index is 1.96. The molecule has 4 unspecified atom stereocenters. The van der Waals surface area contributed by atoms with Crippen LogP contribution in [0.3, 0.4) is 0 Å². The summed E-state index contributed by atoms with van der Waals surface area (Å²) in [5, 5.41) is 12.9. The predicted molar refractivity (Wildman–Crippen MR) is 75.7 cm³/mol. The number of rotatable bonds is 4. The lowest BCUT2D eigenvalue weighted by Crippen LogP contribution is -2.48. The van der Waals surface area contributed by atoms with E-state index in [2.05, 4.69) is 24.2 Å². The Morgan fingerprint density at radius 2 is 2.00 bits per heavy atom. The number of likely N-dealkylation sites (N-methyl/N-ethyl adjacent to an activating group) is 1. The summed E-state index contributed by atoms with van der Waals surface area (Å²) in [6, 6.07) is 1.41. The monoisotopic (exact) mass is 254 g/mol. The van der Waals surface area contributed by atoms with E-state index in [1.807, 2.05) is 7.05 Å². The first-order valence-electron chi connectivity index (χ1n) is 7.63. The molecule has 0 aromatic carbocycles. The first-order valence-corrected chi connectivity index (χ1v) is 7.63. The summed E-state index contributed by atoms with van der Waals surface area (Å²) >= 11 is 0. The molecule has 2 aliphatic rings. The lowest BCUT2D eigenvalue weighted by atomic mass is 9.84. The molecule has 0 aromatic rings. The lowest BCUT2D eigenvalue weighted by Gasteiger charge is -2.40. The molecule has 0 aliphatic heterocycles. The molecular weight excluding hydrogens is 224 g/mol. The second-order valence-electron chi connectivity index (χ2n) is 6.58. The van der Waals surface area contributed by atoms with E-state index in [1.54, 1.807) is 0 Å². The van der Waals surface area contributed by atoms with E-state index in [1.165, 1.54) is 32.1 Å². The van der Waals surface area contributed by atoms with E-state index in [9.17, 15) is 5.11 Å². The number of hydrogen-bond donors (Lipinski definition) is 2. The molecule has 2 fully saturated rings. The van der Waals surface area contributed by atoms with Crippen molar-refractivity contribution in [3.8, 4) is 0 Å². The fraction of sp³-hybridized carbons (Fsp3) is 1.00. The third-order valence-electron chi connectivity index (χ3n) is 5.58. The first kappa shape index (κ1) is 14.3. The summed E-state index contributed by atoms with van der Waals surface area (Å²) in [5.74, 6) is 0.836. The Labute approximate surface area is 112 Å². The van der Waals surface area contributed by atoms with Gasteiger partial charge in [0, 0.05) is 17.6 Å². The summed E-state index contributed by atoms with van der Waals surface area (Å²) in [6.45, 7) is 2.68. The Morgan fingerprint density at radius 1 is 1.28 bits per heavy atom. The van der Waals surface area contributed by atoms with Crippen LogP contribution in [-0.2, 0) is 0 Å². The van der Waals surface area contributed by atoms with Gasteiger partial charge in [0.15, 0.2) is 0 Å². The predicted octanol–water partition coefficient (Wildman–Crippen LogP) is 2.00. The van der Waals surface area contributed by atoms with Crippen molar-refractivity contribution in [3.63, 3.8) is 0 Å². The van der Waals surface area contributed by atoms with E-state index < -0.39 is 0 Å². The van der Waals surface area contributed by atoms with E-state index in [0.717, 1.165) is 24.8 Å². The highest BCUT2D eigenvalue weighted by molar-refractivity contribution is 4.99. The van der Waals surface area contributed by atoms with Crippen LogP contribution in [0.2, 0.25) is 0 Å². The van der Waals surface area contributed by atoms with Gasteiger partial charge in [-0.15, -0.1) is 0 Å². The van der Waals surface area contributed by atoms with Gasteiger partial charge in [-0.25, -0.2) is 0 Å². The van der Waals surface area contributed by atoms with Crippen LogP contribution in [-0.4, -0.2) is 48.3 Å². The summed E-state index contributed by atoms with van der Waals surface area (Å²) in [6.07, 6.45) is 8.98. The van der Waals surface area contributed by atoms with Crippen molar-refractivity contribution in [2.75, 3.05) is 20.7 Å². The van der Waals surface area contributed by atoms with Crippen LogP contribution in [0.5, 0.6) is 0 Å². The molecule has 0 heterocycles. The van der Waals surface area contributed by atoms with Crippen LogP contribution in [0, 0.1) is 5.92 Å². The summed E-state index contributed by atoms with van der Waals surface area (Å²) in [5.41, 5.74) is -0.0170. The molecular formula is C15H30N2O. The van der Waals surface area contributed by atoms with Crippen molar-refractivity contribution >= 4 is 0 Å². The standard InChI is InChI=1S/C15H30N2O/c1-12-6-4-5-7-14(12)17(3)13-8-9-15(10-13,11-18)16-2/h12-14,16,18H,4-11H2,1-3H3. The molecule has 4 atom stereocenters. The van der Waals surface area contributed by atoms with Crippen LogP contribution >= 0.6 is 0 Å². The minimum Gasteiger partial charge on any atom is -0.394 e. The highest BCUT2D eigenvalue weighted by Gasteiger charge is 2.41. The Kier molecular flexibility index (Phi) is 4.68.